The second-order valence-electron chi connectivity index (χ2n) is 13.3. The summed E-state index contributed by atoms with van der Waals surface area (Å²) in [7, 11) is 1.28. The number of fused-ring (bicyclic) bond motifs is 1. The van der Waals surface area contributed by atoms with Gasteiger partial charge in [0.25, 0.3) is 5.91 Å². The molecule has 3 atom stereocenters. The largest absolute Gasteiger partial charge is 0.453 e. The topological polar surface area (TPSA) is 128 Å². The van der Waals surface area contributed by atoms with Gasteiger partial charge in [0, 0.05) is 12.1 Å². The maximum absolute atomic E-state index is 14.0. The molecule has 4 heterocycles. The number of aromatic amines is 2. The summed E-state index contributed by atoms with van der Waals surface area (Å²) in [6.07, 6.45) is 5.93. The highest BCUT2D eigenvalue weighted by Crippen LogP contribution is 2.37. The van der Waals surface area contributed by atoms with Crippen LogP contribution in [0, 0.1) is 0 Å². The minimum Gasteiger partial charge on any atom is -0.453 e. The van der Waals surface area contributed by atoms with E-state index >= 15 is 0 Å². The van der Waals surface area contributed by atoms with Gasteiger partial charge in [-0.1, -0.05) is 91.0 Å². The normalized spacial score (nSPS) is 17.9. The number of hydrogen-bond acceptors (Lipinski definition) is 6. The number of nitrogens with zero attached hydrogens (tertiary/aromatic N) is 3. The van der Waals surface area contributed by atoms with Crippen molar-refractivity contribution < 1.29 is 14.3 Å². The fourth-order valence-corrected chi connectivity index (χ4v) is 7.22. The zero-order chi connectivity index (χ0) is 34.9. The van der Waals surface area contributed by atoms with Crippen LogP contribution in [0.15, 0.2) is 116 Å². The van der Waals surface area contributed by atoms with Crippen LogP contribution < -0.4 is 10.6 Å². The Labute approximate surface area is 296 Å². The molecule has 0 spiro atoms. The number of likely N-dealkylation sites (tertiary alicyclic amines) is 1. The number of hydrogen-bond donors (Lipinski definition) is 4. The Kier molecular flexibility index (Phi) is 8.67. The molecule has 4 N–H and O–H groups in total. The van der Waals surface area contributed by atoms with Gasteiger partial charge in [0.05, 0.1) is 43.0 Å². The number of imidazole rings is 2. The number of benzene rings is 4. The molecule has 10 heteroatoms. The number of rotatable bonds is 8. The predicted molar refractivity (Wildman–Crippen MR) is 197 cm³/mol. The van der Waals surface area contributed by atoms with E-state index < -0.39 is 12.1 Å². The van der Waals surface area contributed by atoms with E-state index in [1.807, 2.05) is 36.5 Å². The molecule has 2 aromatic heterocycles. The Balaban J connectivity index is 0.986. The number of carbonyl (C=O) groups is 2. The Morgan fingerprint density at radius 3 is 2.22 bits per heavy atom. The van der Waals surface area contributed by atoms with E-state index in [-0.39, 0.29) is 11.9 Å². The number of nitrogens with one attached hydrogen (secondary N) is 4. The summed E-state index contributed by atoms with van der Waals surface area (Å²) in [5.41, 5.74) is 7.82. The molecule has 0 radical (unpaired) electrons. The third-order valence-corrected chi connectivity index (χ3v) is 9.94. The number of ether oxygens (including phenoxy) is 1. The Morgan fingerprint density at radius 1 is 0.843 bits per heavy atom. The molecule has 8 rings (SSSR count). The van der Waals surface area contributed by atoms with Crippen LogP contribution in [0.3, 0.4) is 0 Å². The van der Waals surface area contributed by atoms with Crippen LogP contribution in [0.25, 0.3) is 44.4 Å². The predicted octanol–water partition coefficient (Wildman–Crippen LogP) is 7.64. The summed E-state index contributed by atoms with van der Waals surface area (Å²) in [5, 5.41) is 8.56. The van der Waals surface area contributed by atoms with Gasteiger partial charge in [0.1, 0.15) is 17.7 Å². The first-order valence-electron chi connectivity index (χ1n) is 17.3. The van der Waals surface area contributed by atoms with Gasteiger partial charge in [0.2, 0.25) is 0 Å². The van der Waals surface area contributed by atoms with Gasteiger partial charge >= 0.3 is 6.09 Å². The monoisotopic (exact) mass is 677 g/mol. The van der Waals surface area contributed by atoms with Gasteiger partial charge in [-0.25, -0.2) is 14.8 Å². The quantitative estimate of drug-likeness (QED) is 0.123. The maximum atomic E-state index is 14.0. The van der Waals surface area contributed by atoms with Crippen molar-refractivity contribution in [3.05, 3.63) is 133 Å². The first kappa shape index (κ1) is 32.2. The van der Waals surface area contributed by atoms with Gasteiger partial charge in [-0.05, 0) is 71.0 Å². The van der Waals surface area contributed by atoms with Crippen molar-refractivity contribution >= 4 is 22.8 Å². The van der Waals surface area contributed by atoms with Crippen molar-refractivity contribution in [2.24, 2.45) is 0 Å². The first-order valence-corrected chi connectivity index (χ1v) is 17.3. The minimum atomic E-state index is -0.908. The van der Waals surface area contributed by atoms with Crippen molar-refractivity contribution in [2.75, 3.05) is 20.2 Å². The highest BCUT2D eigenvalue weighted by Gasteiger charge is 2.38. The van der Waals surface area contributed by atoms with Gasteiger partial charge in [-0.3, -0.25) is 4.79 Å². The smallest absolute Gasteiger partial charge is 0.407 e. The van der Waals surface area contributed by atoms with Crippen molar-refractivity contribution in [2.45, 2.75) is 37.4 Å². The molecular weight excluding hydrogens is 638 g/mol. The lowest BCUT2D eigenvalue weighted by atomic mass is 9.98. The lowest BCUT2D eigenvalue weighted by molar-refractivity contribution is -0.134. The number of methoxy groups -OCH3 is 1. The molecule has 2 aliphatic rings. The molecule has 256 valence electrons. The number of aromatic nitrogens is 4. The van der Waals surface area contributed by atoms with E-state index in [4.69, 9.17) is 9.72 Å². The fourth-order valence-electron chi connectivity index (χ4n) is 7.22. The first-order chi connectivity index (χ1) is 24.9. The third-order valence-electron chi connectivity index (χ3n) is 9.94. The van der Waals surface area contributed by atoms with E-state index in [0.717, 1.165) is 58.0 Å². The number of H-pyrrole nitrogens is 2. The average molecular weight is 678 g/mol. The van der Waals surface area contributed by atoms with Crippen molar-refractivity contribution in [3.63, 3.8) is 0 Å². The van der Waals surface area contributed by atoms with Crippen LogP contribution in [0.4, 0.5) is 4.79 Å². The molecule has 2 amide bonds. The molecular formula is C41H39N7O3. The number of carbonyl (C=O) groups excluding carboxylic acids is 2. The summed E-state index contributed by atoms with van der Waals surface area (Å²) >= 11 is 0. The summed E-state index contributed by atoms with van der Waals surface area (Å²) < 4.78 is 4.83. The summed E-state index contributed by atoms with van der Waals surface area (Å²) in [5.74, 6) is 1.43. The third kappa shape index (κ3) is 6.53. The van der Waals surface area contributed by atoms with Crippen LogP contribution >= 0.6 is 0 Å². The van der Waals surface area contributed by atoms with Crippen molar-refractivity contribution in [1.82, 2.24) is 35.5 Å². The summed E-state index contributed by atoms with van der Waals surface area (Å²) in [6.45, 7) is 5.59. The van der Waals surface area contributed by atoms with Gasteiger partial charge in [-0.15, -0.1) is 0 Å². The zero-order valence-corrected chi connectivity index (χ0v) is 28.4. The standard InChI is InChI=1S/C41H39N7O3/c1-25-19-36(48(24-25)40(49)37(47-41(50)51-2)28-7-4-3-5-8-28)39-44-22-34(46-39)27-12-10-26(11-13-27)29-14-15-31-21-32(17-16-30(31)20-29)35-23-43-38(45-35)33-9-6-18-42-33/h3-5,7-8,10-17,20-23,33,36-37,42H,1,6,9,18-19,24H2,2H3,(H,43,45)(H,44,46)(H,47,50)/t33-,36-,37+/m0/s1. The molecule has 0 saturated carbocycles. The summed E-state index contributed by atoms with van der Waals surface area (Å²) in [4.78, 5) is 44.2. The molecule has 0 aliphatic carbocycles. The van der Waals surface area contributed by atoms with Gasteiger partial charge in [-0.2, -0.15) is 0 Å². The minimum absolute atomic E-state index is 0.253. The van der Waals surface area contributed by atoms with Crippen molar-refractivity contribution in [3.8, 4) is 33.6 Å². The highest BCUT2D eigenvalue weighted by molar-refractivity contribution is 5.91. The van der Waals surface area contributed by atoms with E-state index in [1.165, 1.54) is 24.3 Å². The van der Waals surface area contributed by atoms with Crippen LogP contribution in [0.1, 0.15) is 54.6 Å². The molecule has 51 heavy (non-hydrogen) atoms. The van der Waals surface area contributed by atoms with E-state index in [9.17, 15) is 9.59 Å². The van der Waals surface area contributed by atoms with Gasteiger partial charge in [0.15, 0.2) is 0 Å². The number of amides is 2. The van der Waals surface area contributed by atoms with Crippen LogP contribution in [0.5, 0.6) is 0 Å². The van der Waals surface area contributed by atoms with E-state index in [2.05, 4.69) is 92.8 Å². The highest BCUT2D eigenvalue weighted by atomic mass is 16.5. The van der Waals surface area contributed by atoms with E-state index in [1.54, 1.807) is 11.1 Å². The SMILES string of the molecule is C=C1C[C@@H](c2ncc(-c3ccc(-c4ccc5cc(-c6cnc([C@@H]7CCCN7)[nH]6)ccc5c4)cc3)[nH]2)N(C(=O)[C@H](NC(=O)OC)c2ccccc2)C1. The average Bonchev–Trinajstić information content (AvgIpc) is 4.01. The second-order valence-corrected chi connectivity index (χ2v) is 13.3. The summed E-state index contributed by atoms with van der Waals surface area (Å²) in [6, 6.07) is 29.7. The maximum Gasteiger partial charge on any atom is 0.407 e. The number of alkyl carbamates (subject to hydrolysis) is 1. The molecule has 0 unspecified atom stereocenters. The Morgan fingerprint density at radius 2 is 1.49 bits per heavy atom. The van der Waals surface area contributed by atoms with Gasteiger partial charge < -0.3 is 30.2 Å². The fraction of sp³-hybridized carbons (Fsp3) is 0.220. The second kappa shape index (κ2) is 13.7. The lowest BCUT2D eigenvalue weighted by Gasteiger charge is -2.28. The molecule has 2 saturated heterocycles. The molecule has 2 fully saturated rings. The molecule has 2 aliphatic heterocycles. The van der Waals surface area contributed by atoms with Crippen LogP contribution in [-0.2, 0) is 9.53 Å². The zero-order valence-electron chi connectivity index (χ0n) is 28.4. The Hall–Kier alpha value is -6.00. The van der Waals surface area contributed by atoms with Crippen molar-refractivity contribution in [1.29, 1.82) is 0 Å². The Bertz CT molecular complexity index is 2220. The van der Waals surface area contributed by atoms with Crippen LogP contribution in [0.2, 0.25) is 0 Å². The molecule has 10 nitrogen and oxygen atoms in total. The van der Waals surface area contributed by atoms with Crippen LogP contribution in [-0.4, -0.2) is 57.0 Å². The molecule has 0 bridgehead atoms. The molecule has 4 aromatic carbocycles. The van der Waals surface area contributed by atoms with E-state index in [0.29, 0.717) is 30.4 Å². The molecule has 6 aromatic rings. The lowest BCUT2D eigenvalue weighted by Crippen LogP contribution is -2.43.